The number of benzene rings is 2. The van der Waals surface area contributed by atoms with Crippen LogP contribution in [0.3, 0.4) is 0 Å². The molecule has 7 nitrogen and oxygen atoms in total. The molecule has 0 radical (unpaired) electrons. The molecule has 152 valence electrons. The Hall–Kier alpha value is -3.35. The van der Waals surface area contributed by atoms with Crippen LogP contribution in [0.2, 0.25) is 0 Å². The lowest BCUT2D eigenvalue weighted by Gasteiger charge is -2.31. The van der Waals surface area contributed by atoms with Gasteiger partial charge in [-0.05, 0) is 42.7 Å². The van der Waals surface area contributed by atoms with Crippen molar-refractivity contribution in [3.8, 4) is 5.75 Å². The van der Waals surface area contributed by atoms with Crippen LogP contribution in [0.15, 0.2) is 54.6 Å². The second-order valence-corrected chi connectivity index (χ2v) is 6.98. The fourth-order valence-corrected chi connectivity index (χ4v) is 3.33. The zero-order chi connectivity index (χ0) is 20.6. The van der Waals surface area contributed by atoms with E-state index in [0.29, 0.717) is 43.8 Å². The van der Waals surface area contributed by atoms with Gasteiger partial charge in [-0.25, -0.2) is 4.79 Å². The molecule has 1 saturated heterocycles. The summed E-state index contributed by atoms with van der Waals surface area (Å²) in [6, 6.07) is 16.1. The lowest BCUT2D eigenvalue weighted by Crippen LogP contribution is -2.42. The second kappa shape index (κ2) is 9.73. The summed E-state index contributed by atoms with van der Waals surface area (Å²) in [5.41, 5.74) is 1.50. The van der Waals surface area contributed by atoms with E-state index >= 15 is 0 Å². The first-order chi connectivity index (χ1) is 14.0. The Morgan fingerprint density at radius 2 is 1.76 bits per heavy atom. The van der Waals surface area contributed by atoms with E-state index in [9.17, 15) is 14.4 Å². The maximum absolute atomic E-state index is 12.5. The molecule has 2 N–H and O–H groups in total. The maximum atomic E-state index is 12.5. The van der Waals surface area contributed by atoms with Crippen LogP contribution in [0.25, 0.3) is 0 Å². The van der Waals surface area contributed by atoms with Crippen molar-refractivity contribution >= 4 is 17.8 Å². The molecule has 2 aromatic carbocycles. The van der Waals surface area contributed by atoms with Gasteiger partial charge >= 0.3 is 5.97 Å². The molecule has 0 aliphatic carbocycles. The predicted octanol–water partition coefficient (Wildman–Crippen LogP) is 2.32. The molecule has 1 fully saturated rings. The van der Waals surface area contributed by atoms with Crippen molar-refractivity contribution < 1.29 is 24.2 Å². The summed E-state index contributed by atoms with van der Waals surface area (Å²) in [7, 11) is 0. The predicted molar refractivity (Wildman–Crippen MR) is 106 cm³/mol. The van der Waals surface area contributed by atoms with Crippen molar-refractivity contribution in [2.24, 2.45) is 5.92 Å². The fourth-order valence-electron chi connectivity index (χ4n) is 3.33. The number of hydrogen-bond acceptors (Lipinski definition) is 4. The number of carboxylic acid groups (broad SMARTS) is 1. The van der Waals surface area contributed by atoms with Gasteiger partial charge in [-0.1, -0.05) is 30.3 Å². The van der Waals surface area contributed by atoms with Gasteiger partial charge in [-0.15, -0.1) is 0 Å². The van der Waals surface area contributed by atoms with E-state index < -0.39 is 12.6 Å². The van der Waals surface area contributed by atoms with E-state index in [2.05, 4.69) is 5.32 Å². The van der Waals surface area contributed by atoms with Crippen molar-refractivity contribution in [1.29, 1.82) is 0 Å². The number of hydrogen-bond donors (Lipinski definition) is 2. The molecule has 0 aromatic heterocycles. The molecule has 7 heteroatoms. The molecule has 1 aliphatic heterocycles. The van der Waals surface area contributed by atoms with E-state index in [1.54, 1.807) is 35.2 Å². The molecular formula is C22H24N2O5. The first-order valence-electron chi connectivity index (χ1n) is 9.58. The molecule has 0 unspecified atom stereocenters. The highest BCUT2D eigenvalue weighted by atomic mass is 16.5. The number of carbonyl (C=O) groups excluding carboxylic acids is 2. The van der Waals surface area contributed by atoms with Crippen LogP contribution in [0.5, 0.6) is 5.75 Å². The van der Waals surface area contributed by atoms with Gasteiger partial charge in [0.15, 0.2) is 6.61 Å². The summed E-state index contributed by atoms with van der Waals surface area (Å²) in [6.45, 7) is 1.05. The lowest BCUT2D eigenvalue weighted by molar-refractivity contribution is -0.139. The number of rotatable bonds is 7. The quantitative estimate of drug-likeness (QED) is 0.749. The number of aliphatic carboxylic acids is 1. The molecule has 2 amide bonds. The number of ether oxygens (including phenoxy) is 1. The Bertz CT molecular complexity index is 861. The first kappa shape index (κ1) is 20.4. The molecule has 29 heavy (non-hydrogen) atoms. The van der Waals surface area contributed by atoms with Crippen LogP contribution in [0.4, 0.5) is 0 Å². The topological polar surface area (TPSA) is 95.9 Å². The Balaban J connectivity index is 1.46. The van der Waals surface area contributed by atoms with Gasteiger partial charge in [0, 0.05) is 31.1 Å². The van der Waals surface area contributed by atoms with Gasteiger partial charge in [0.1, 0.15) is 5.75 Å². The number of likely N-dealkylation sites (tertiary alicyclic amines) is 1. The smallest absolute Gasteiger partial charge is 0.341 e. The normalized spacial score (nSPS) is 14.3. The summed E-state index contributed by atoms with van der Waals surface area (Å²) in [5, 5.41) is 11.6. The summed E-state index contributed by atoms with van der Waals surface area (Å²) in [5.74, 6) is -0.745. The van der Waals surface area contributed by atoms with Crippen molar-refractivity contribution in [2.45, 2.75) is 19.4 Å². The SMILES string of the molecule is O=C(O)COc1cccc(CNC(=O)C2CCN(C(=O)c3ccccc3)CC2)c1. The van der Waals surface area contributed by atoms with E-state index in [0.717, 1.165) is 5.56 Å². The molecule has 0 bridgehead atoms. The van der Waals surface area contributed by atoms with Crippen LogP contribution in [-0.2, 0) is 16.1 Å². The number of carboxylic acids is 1. The third-order valence-electron chi connectivity index (χ3n) is 4.90. The van der Waals surface area contributed by atoms with E-state index in [-0.39, 0.29) is 17.7 Å². The largest absolute Gasteiger partial charge is 0.482 e. The first-order valence-corrected chi connectivity index (χ1v) is 9.58. The minimum Gasteiger partial charge on any atom is -0.482 e. The van der Waals surface area contributed by atoms with Crippen LogP contribution >= 0.6 is 0 Å². The number of piperidine rings is 1. The molecule has 0 spiro atoms. The van der Waals surface area contributed by atoms with E-state index in [4.69, 9.17) is 9.84 Å². The van der Waals surface area contributed by atoms with E-state index in [1.807, 2.05) is 24.3 Å². The molecular weight excluding hydrogens is 372 g/mol. The van der Waals surface area contributed by atoms with Crippen molar-refractivity contribution in [3.63, 3.8) is 0 Å². The Morgan fingerprint density at radius 3 is 2.45 bits per heavy atom. The number of nitrogens with zero attached hydrogens (tertiary/aromatic N) is 1. The van der Waals surface area contributed by atoms with Crippen molar-refractivity contribution in [3.05, 3.63) is 65.7 Å². The highest BCUT2D eigenvalue weighted by molar-refractivity contribution is 5.94. The van der Waals surface area contributed by atoms with Crippen LogP contribution in [0.1, 0.15) is 28.8 Å². The van der Waals surface area contributed by atoms with Crippen LogP contribution in [0, 0.1) is 5.92 Å². The number of carbonyl (C=O) groups is 3. The third kappa shape index (κ3) is 5.81. The Kier molecular flexibility index (Phi) is 6.84. The summed E-state index contributed by atoms with van der Waals surface area (Å²) in [4.78, 5) is 37.4. The van der Waals surface area contributed by atoms with Gasteiger partial charge in [-0.2, -0.15) is 0 Å². The zero-order valence-electron chi connectivity index (χ0n) is 16.0. The van der Waals surface area contributed by atoms with E-state index in [1.165, 1.54) is 0 Å². The minimum absolute atomic E-state index is 0.00244. The number of amides is 2. The molecule has 3 rings (SSSR count). The monoisotopic (exact) mass is 396 g/mol. The van der Waals surface area contributed by atoms with Gasteiger partial charge < -0.3 is 20.1 Å². The van der Waals surface area contributed by atoms with Crippen molar-refractivity contribution in [2.75, 3.05) is 19.7 Å². The zero-order valence-corrected chi connectivity index (χ0v) is 16.0. The average Bonchev–Trinajstić information content (AvgIpc) is 2.76. The molecule has 1 heterocycles. The Morgan fingerprint density at radius 1 is 1.03 bits per heavy atom. The fraction of sp³-hybridized carbons (Fsp3) is 0.318. The van der Waals surface area contributed by atoms with Gasteiger partial charge in [0.2, 0.25) is 5.91 Å². The summed E-state index contributed by atoms with van der Waals surface area (Å²) < 4.78 is 5.15. The summed E-state index contributed by atoms with van der Waals surface area (Å²) >= 11 is 0. The van der Waals surface area contributed by atoms with Gasteiger partial charge in [0.05, 0.1) is 0 Å². The minimum atomic E-state index is -1.04. The van der Waals surface area contributed by atoms with Gasteiger partial charge in [0.25, 0.3) is 5.91 Å². The molecule has 1 aliphatic rings. The lowest BCUT2D eigenvalue weighted by atomic mass is 9.95. The standard InChI is InChI=1S/C22H24N2O5/c25-20(26)15-29-19-8-4-5-16(13-19)14-23-21(27)17-9-11-24(12-10-17)22(28)18-6-2-1-3-7-18/h1-8,13,17H,9-12,14-15H2,(H,23,27)(H,25,26). The van der Waals surface area contributed by atoms with Crippen LogP contribution in [-0.4, -0.2) is 47.5 Å². The molecule has 2 aromatic rings. The molecule has 0 saturated carbocycles. The van der Waals surface area contributed by atoms with Crippen LogP contribution < -0.4 is 10.1 Å². The third-order valence-corrected chi connectivity index (χ3v) is 4.90. The molecule has 0 atom stereocenters. The average molecular weight is 396 g/mol. The highest BCUT2D eigenvalue weighted by Crippen LogP contribution is 2.20. The van der Waals surface area contributed by atoms with Crippen molar-refractivity contribution in [1.82, 2.24) is 10.2 Å². The summed E-state index contributed by atoms with van der Waals surface area (Å²) in [6.07, 6.45) is 1.26. The Labute approximate surface area is 169 Å². The van der Waals surface area contributed by atoms with Gasteiger partial charge in [-0.3, -0.25) is 9.59 Å². The maximum Gasteiger partial charge on any atom is 0.341 e. The highest BCUT2D eigenvalue weighted by Gasteiger charge is 2.27. The number of nitrogens with one attached hydrogen (secondary N) is 1. The second-order valence-electron chi connectivity index (χ2n) is 6.98.